The Morgan fingerprint density at radius 2 is 1.87 bits per heavy atom. The molecule has 1 heterocycles. The first-order valence-corrected chi connectivity index (χ1v) is 12.6. The van der Waals surface area contributed by atoms with Crippen molar-refractivity contribution in [2.24, 2.45) is 5.73 Å². The lowest BCUT2D eigenvalue weighted by Gasteiger charge is -2.32. The largest absolute Gasteiger partial charge is 0.330 e. The fourth-order valence-electron chi connectivity index (χ4n) is 4.32. The van der Waals surface area contributed by atoms with Crippen molar-refractivity contribution in [1.29, 1.82) is 0 Å². The normalized spacial score (nSPS) is 11.9. The molecule has 198 valence electrons. The molecule has 1 unspecified atom stereocenters. The number of para-hydroxylation sites is 1. The summed E-state index contributed by atoms with van der Waals surface area (Å²) in [5.41, 5.74) is 9.09. The van der Waals surface area contributed by atoms with Gasteiger partial charge in [0.1, 0.15) is 0 Å². The summed E-state index contributed by atoms with van der Waals surface area (Å²) in [5, 5.41) is 0.716. The van der Waals surface area contributed by atoms with Gasteiger partial charge in [-0.05, 0) is 68.3 Å². The maximum absolute atomic E-state index is 14.9. The van der Waals surface area contributed by atoms with Gasteiger partial charge >= 0.3 is 0 Å². The van der Waals surface area contributed by atoms with Gasteiger partial charge in [0.15, 0.2) is 17.5 Å². The van der Waals surface area contributed by atoms with Gasteiger partial charge in [-0.15, -0.1) is 0 Å². The van der Waals surface area contributed by atoms with Crippen LogP contribution in [0.4, 0.5) is 14.5 Å². The third-order valence-corrected chi connectivity index (χ3v) is 6.54. The predicted molar refractivity (Wildman–Crippen MR) is 145 cm³/mol. The van der Waals surface area contributed by atoms with Crippen LogP contribution >= 0.6 is 11.6 Å². The van der Waals surface area contributed by atoms with E-state index in [1.54, 1.807) is 30.3 Å². The highest BCUT2D eigenvalue weighted by atomic mass is 35.5. The molecule has 0 spiro atoms. The first-order valence-electron chi connectivity index (χ1n) is 12.3. The zero-order chi connectivity index (χ0) is 27.4. The van der Waals surface area contributed by atoms with Crippen molar-refractivity contribution in [3.8, 4) is 0 Å². The molecule has 0 saturated heterocycles. The lowest BCUT2D eigenvalue weighted by molar-refractivity contribution is 0.0651. The molecule has 0 saturated carbocycles. The second-order valence-electron chi connectivity index (χ2n) is 8.87. The lowest BCUT2D eigenvalue weighted by atomic mass is 10.1. The molecule has 3 aromatic carbocycles. The van der Waals surface area contributed by atoms with Crippen LogP contribution in [0.2, 0.25) is 5.02 Å². The summed E-state index contributed by atoms with van der Waals surface area (Å²) in [6, 6.07) is 15.6. The highest BCUT2D eigenvalue weighted by Crippen LogP contribution is 2.28. The standard InChI is InChI=1S/C28H28ClF2N5O2/c1-3-23(35(15-7-14-32)27(37)21-12-10-17(2)24(30)25(21)31)26-33-22-16-18(29)11-13-20(22)28(38)36(26)34-19-8-5-4-6-9-19/h4-6,8-13,16,23,34H,3,7,14-15,32H2,1-2H3. The van der Waals surface area contributed by atoms with Crippen molar-refractivity contribution in [3.63, 3.8) is 0 Å². The summed E-state index contributed by atoms with van der Waals surface area (Å²) >= 11 is 6.19. The van der Waals surface area contributed by atoms with Crippen molar-refractivity contribution in [2.45, 2.75) is 32.7 Å². The maximum Gasteiger partial charge on any atom is 0.280 e. The van der Waals surface area contributed by atoms with Crippen molar-refractivity contribution < 1.29 is 13.6 Å². The van der Waals surface area contributed by atoms with Gasteiger partial charge in [0.2, 0.25) is 0 Å². The van der Waals surface area contributed by atoms with E-state index in [-0.39, 0.29) is 24.5 Å². The molecule has 10 heteroatoms. The molecule has 0 fully saturated rings. The Morgan fingerprint density at radius 1 is 1.13 bits per heavy atom. The Labute approximate surface area is 223 Å². The molecule has 0 bridgehead atoms. The average molecular weight is 540 g/mol. The van der Waals surface area contributed by atoms with Crippen molar-refractivity contribution >= 4 is 34.1 Å². The highest BCUT2D eigenvalue weighted by molar-refractivity contribution is 6.31. The van der Waals surface area contributed by atoms with E-state index in [0.717, 1.165) is 0 Å². The first kappa shape index (κ1) is 27.2. The number of halogens is 3. The fraction of sp³-hybridized carbons (Fsp3) is 0.250. The number of nitrogens with zero attached hydrogens (tertiary/aromatic N) is 3. The molecular formula is C28H28ClF2N5O2. The number of anilines is 1. The molecule has 38 heavy (non-hydrogen) atoms. The van der Waals surface area contributed by atoms with Gasteiger partial charge in [-0.25, -0.2) is 18.4 Å². The minimum atomic E-state index is -1.22. The van der Waals surface area contributed by atoms with E-state index in [1.165, 1.54) is 28.6 Å². The number of aryl methyl sites for hydroxylation is 1. The molecule has 7 nitrogen and oxygen atoms in total. The lowest BCUT2D eigenvalue weighted by Crippen LogP contribution is -2.41. The van der Waals surface area contributed by atoms with Crippen molar-refractivity contribution in [1.82, 2.24) is 14.6 Å². The molecule has 0 aliphatic carbocycles. The molecule has 1 amide bonds. The summed E-state index contributed by atoms with van der Waals surface area (Å²) in [6.07, 6.45) is 0.717. The van der Waals surface area contributed by atoms with Crippen LogP contribution in [0, 0.1) is 18.6 Å². The van der Waals surface area contributed by atoms with Crippen molar-refractivity contribution in [2.75, 3.05) is 18.5 Å². The Hall–Kier alpha value is -3.82. The monoisotopic (exact) mass is 539 g/mol. The van der Waals surface area contributed by atoms with Crippen LogP contribution in [0.25, 0.3) is 10.9 Å². The number of nitrogens with one attached hydrogen (secondary N) is 1. The van der Waals surface area contributed by atoms with E-state index < -0.39 is 34.7 Å². The third-order valence-electron chi connectivity index (χ3n) is 6.30. The molecule has 1 aromatic heterocycles. The maximum atomic E-state index is 14.9. The Balaban J connectivity index is 1.92. The Morgan fingerprint density at radius 3 is 2.55 bits per heavy atom. The zero-order valence-corrected chi connectivity index (χ0v) is 21.8. The van der Waals surface area contributed by atoms with Crippen LogP contribution in [-0.2, 0) is 0 Å². The van der Waals surface area contributed by atoms with E-state index in [9.17, 15) is 18.4 Å². The minimum absolute atomic E-state index is 0.0913. The fourth-order valence-corrected chi connectivity index (χ4v) is 4.48. The summed E-state index contributed by atoms with van der Waals surface area (Å²) in [5.74, 6) is -2.81. The quantitative estimate of drug-likeness (QED) is 0.295. The van der Waals surface area contributed by atoms with Gasteiger partial charge in [0.25, 0.3) is 11.5 Å². The third kappa shape index (κ3) is 5.39. The van der Waals surface area contributed by atoms with E-state index in [4.69, 9.17) is 22.3 Å². The number of carbonyl (C=O) groups excluding carboxylic acids is 1. The van der Waals surface area contributed by atoms with Gasteiger partial charge in [-0.1, -0.05) is 42.8 Å². The summed E-state index contributed by atoms with van der Waals surface area (Å²) in [4.78, 5) is 33.5. The van der Waals surface area contributed by atoms with E-state index >= 15 is 0 Å². The number of nitrogens with two attached hydrogens (primary N) is 1. The van der Waals surface area contributed by atoms with Gasteiger partial charge in [-0.2, -0.15) is 0 Å². The van der Waals surface area contributed by atoms with Crippen LogP contribution in [0.1, 0.15) is 47.6 Å². The van der Waals surface area contributed by atoms with Gasteiger partial charge in [0, 0.05) is 11.6 Å². The van der Waals surface area contributed by atoms with Gasteiger partial charge < -0.3 is 10.6 Å². The number of hydrogen-bond acceptors (Lipinski definition) is 5. The second-order valence-corrected chi connectivity index (χ2v) is 9.31. The van der Waals surface area contributed by atoms with E-state index in [2.05, 4.69) is 5.43 Å². The predicted octanol–water partition coefficient (Wildman–Crippen LogP) is 5.45. The summed E-state index contributed by atoms with van der Waals surface area (Å²) < 4.78 is 30.6. The number of benzene rings is 3. The average Bonchev–Trinajstić information content (AvgIpc) is 2.91. The first-order chi connectivity index (χ1) is 18.3. The Kier molecular flexibility index (Phi) is 8.38. The molecule has 4 aromatic rings. The SMILES string of the molecule is CCC(c1nc2cc(Cl)ccc2c(=O)n1Nc1ccccc1)N(CCCN)C(=O)c1ccc(C)c(F)c1F. The highest BCUT2D eigenvalue weighted by Gasteiger charge is 2.31. The summed E-state index contributed by atoms with van der Waals surface area (Å²) in [7, 11) is 0. The number of amides is 1. The van der Waals surface area contributed by atoms with Gasteiger partial charge in [-0.3, -0.25) is 15.0 Å². The van der Waals surface area contributed by atoms with E-state index in [1.807, 2.05) is 25.1 Å². The topological polar surface area (TPSA) is 93.2 Å². The number of carbonyl (C=O) groups is 1. The second kappa shape index (κ2) is 11.7. The van der Waals surface area contributed by atoms with Crippen LogP contribution in [-0.4, -0.2) is 33.6 Å². The smallest absolute Gasteiger partial charge is 0.280 e. The molecule has 1 atom stereocenters. The molecule has 0 radical (unpaired) electrons. The van der Waals surface area contributed by atoms with Gasteiger partial charge in [0.05, 0.1) is 28.2 Å². The van der Waals surface area contributed by atoms with E-state index in [0.29, 0.717) is 34.5 Å². The molecule has 0 aliphatic heterocycles. The van der Waals surface area contributed by atoms with Crippen LogP contribution in [0.5, 0.6) is 0 Å². The van der Waals surface area contributed by atoms with Crippen molar-refractivity contribution in [3.05, 3.63) is 105 Å². The van der Waals surface area contributed by atoms with Crippen LogP contribution < -0.4 is 16.7 Å². The molecule has 3 N–H and O–H groups in total. The molecular weight excluding hydrogens is 512 g/mol. The molecule has 4 rings (SSSR count). The number of fused-ring (bicyclic) bond motifs is 1. The Bertz CT molecular complexity index is 1530. The molecule has 0 aliphatic rings. The van der Waals surface area contributed by atoms with Crippen LogP contribution in [0.15, 0.2) is 65.5 Å². The zero-order valence-electron chi connectivity index (χ0n) is 21.0. The minimum Gasteiger partial charge on any atom is -0.330 e. The van der Waals surface area contributed by atoms with Crippen LogP contribution in [0.3, 0.4) is 0 Å². The number of hydrogen-bond donors (Lipinski definition) is 2. The number of aromatic nitrogens is 2. The number of rotatable bonds is 9. The summed E-state index contributed by atoms with van der Waals surface area (Å²) in [6.45, 7) is 3.64.